The van der Waals surface area contributed by atoms with Gasteiger partial charge in [-0.2, -0.15) is 0 Å². The van der Waals surface area contributed by atoms with Crippen LogP contribution in [0.2, 0.25) is 0 Å². The molecule has 2 unspecified atom stereocenters. The van der Waals surface area contributed by atoms with E-state index in [0.717, 1.165) is 32.2 Å². The number of aliphatic carboxylic acids is 1. The Morgan fingerprint density at radius 1 is 1.24 bits per heavy atom. The lowest BCUT2D eigenvalue weighted by atomic mass is 9.89. The molecule has 2 saturated carbocycles. The van der Waals surface area contributed by atoms with Crippen LogP contribution in [0.1, 0.15) is 64.7 Å². The summed E-state index contributed by atoms with van der Waals surface area (Å²) in [5.41, 5.74) is -0.676. The van der Waals surface area contributed by atoms with Crippen molar-refractivity contribution in [2.75, 3.05) is 13.1 Å². The number of carboxylic acid groups (broad SMARTS) is 1. The van der Waals surface area contributed by atoms with Crippen LogP contribution in [0.25, 0.3) is 0 Å². The highest BCUT2D eigenvalue weighted by Crippen LogP contribution is 2.43. The summed E-state index contributed by atoms with van der Waals surface area (Å²) in [6, 6.07) is 1.05. The van der Waals surface area contributed by atoms with E-state index in [-0.39, 0.29) is 0 Å². The van der Waals surface area contributed by atoms with Gasteiger partial charge in [0.25, 0.3) is 0 Å². The molecule has 2 atom stereocenters. The van der Waals surface area contributed by atoms with Crippen molar-refractivity contribution in [3.8, 4) is 0 Å². The molecule has 4 heteroatoms. The van der Waals surface area contributed by atoms with Gasteiger partial charge in [-0.15, -0.1) is 0 Å². The maximum absolute atomic E-state index is 12.1. The Balaban J connectivity index is 1.73. The van der Waals surface area contributed by atoms with Crippen molar-refractivity contribution in [3.63, 3.8) is 0 Å². The molecule has 4 nitrogen and oxygen atoms in total. The van der Waals surface area contributed by atoms with Crippen LogP contribution in [0.4, 0.5) is 0 Å². The summed E-state index contributed by atoms with van der Waals surface area (Å²) >= 11 is 0. The van der Waals surface area contributed by atoms with E-state index in [9.17, 15) is 9.90 Å². The number of likely N-dealkylation sites (tertiary alicyclic amines) is 1. The fourth-order valence-corrected chi connectivity index (χ4v) is 4.01. The number of carbonyl (C=O) groups is 1. The first kappa shape index (κ1) is 15.3. The van der Waals surface area contributed by atoms with Crippen LogP contribution in [-0.2, 0) is 4.79 Å². The molecule has 0 aromatic rings. The van der Waals surface area contributed by atoms with Gasteiger partial charge >= 0.3 is 5.97 Å². The number of carboxylic acids is 1. The molecule has 2 aliphatic carbocycles. The molecule has 0 radical (unpaired) electrons. The normalized spacial score (nSPS) is 30.0. The van der Waals surface area contributed by atoms with E-state index in [0.29, 0.717) is 24.5 Å². The minimum absolute atomic E-state index is 0.347. The Morgan fingerprint density at radius 3 is 2.57 bits per heavy atom. The van der Waals surface area contributed by atoms with Crippen LogP contribution >= 0.6 is 0 Å². The number of nitrogens with one attached hydrogen (secondary N) is 1. The summed E-state index contributed by atoms with van der Waals surface area (Å²) in [6.45, 7) is 4.04. The van der Waals surface area contributed by atoms with Gasteiger partial charge in [-0.25, -0.2) is 0 Å². The van der Waals surface area contributed by atoms with Crippen LogP contribution in [0.15, 0.2) is 0 Å². The lowest BCUT2D eigenvalue weighted by molar-refractivity contribution is -0.147. The zero-order valence-electron chi connectivity index (χ0n) is 13.3. The predicted octanol–water partition coefficient (Wildman–Crippen LogP) is 2.63. The summed E-state index contributed by atoms with van der Waals surface area (Å²) in [4.78, 5) is 14.6. The third-order valence-corrected chi connectivity index (χ3v) is 5.52. The second-order valence-electron chi connectivity index (χ2n) is 7.38. The van der Waals surface area contributed by atoms with Crippen LogP contribution in [0, 0.1) is 5.92 Å². The van der Waals surface area contributed by atoms with Crippen molar-refractivity contribution in [2.45, 2.75) is 82.3 Å². The monoisotopic (exact) mass is 294 g/mol. The maximum atomic E-state index is 12.1. The van der Waals surface area contributed by atoms with Gasteiger partial charge in [-0.3, -0.25) is 15.0 Å². The van der Waals surface area contributed by atoms with Crippen molar-refractivity contribution >= 4 is 5.97 Å². The smallest absolute Gasteiger partial charge is 0.325 e. The number of nitrogens with zero attached hydrogens (tertiary/aromatic N) is 1. The molecule has 3 fully saturated rings. The number of piperidine rings is 1. The molecular weight excluding hydrogens is 264 g/mol. The minimum atomic E-state index is -0.676. The quantitative estimate of drug-likeness (QED) is 0.722. The molecule has 120 valence electrons. The molecule has 0 bridgehead atoms. The van der Waals surface area contributed by atoms with Gasteiger partial charge in [0, 0.05) is 18.6 Å². The topological polar surface area (TPSA) is 52.6 Å². The van der Waals surface area contributed by atoms with Gasteiger partial charge in [0.1, 0.15) is 5.54 Å². The summed E-state index contributed by atoms with van der Waals surface area (Å²) in [5, 5.41) is 13.5. The van der Waals surface area contributed by atoms with Gasteiger partial charge in [0.15, 0.2) is 0 Å². The van der Waals surface area contributed by atoms with Crippen LogP contribution in [0.3, 0.4) is 0 Å². The van der Waals surface area contributed by atoms with Crippen molar-refractivity contribution in [2.24, 2.45) is 5.92 Å². The summed E-state index contributed by atoms with van der Waals surface area (Å²) in [6.07, 6.45) is 10.7. The SMILES string of the molecule is CCCC1CCCCN1CC(NC1CC1)(C(=O)O)C1CC1. The van der Waals surface area contributed by atoms with Crippen LogP contribution < -0.4 is 5.32 Å². The minimum Gasteiger partial charge on any atom is -0.480 e. The highest BCUT2D eigenvalue weighted by atomic mass is 16.4. The summed E-state index contributed by atoms with van der Waals surface area (Å²) in [7, 11) is 0. The van der Waals surface area contributed by atoms with Crippen molar-refractivity contribution in [1.82, 2.24) is 10.2 Å². The largest absolute Gasteiger partial charge is 0.480 e. The Morgan fingerprint density at radius 2 is 2.00 bits per heavy atom. The first-order valence-electron chi connectivity index (χ1n) is 8.91. The second kappa shape index (κ2) is 6.25. The van der Waals surface area contributed by atoms with E-state index in [1.165, 1.54) is 32.1 Å². The maximum Gasteiger partial charge on any atom is 0.325 e. The van der Waals surface area contributed by atoms with E-state index in [1.807, 2.05) is 0 Å². The van der Waals surface area contributed by atoms with Crippen molar-refractivity contribution < 1.29 is 9.90 Å². The van der Waals surface area contributed by atoms with Crippen molar-refractivity contribution in [3.05, 3.63) is 0 Å². The molecule has 1 aliphatic heterocycles. The molecule has 21 heavy (non-hydrogen) atoms. The highest BCUT2D eigenvalue weighted by Gasteiger charge is 2.54. The van der Waals surface area contributed by atoms with E-state index in [2.05, 4.69) is 17.1 Å². The molecule has 1 saturated heterocycles. The zero-order valence-corrected chi connectivity index (χ0v) is 13.3. The number of hydrogen-bond donors (Lipinski definition) is 2. The lowest BCUT2D eigenvalue weighted by Crippen LogP contribution is -2.63. The summed E-state index contributed by atoms with van der Waals surface area (Å²) in [5.74, 6) is -0.266. The zero-order chi connectivity index (χ0) is 14.9. The Hall–Kier alpha value is -0.610. The average molecular weight is 294 g/mol. The molecule has 1 heterocycles. The van der Waals surface area contributed by atoms with Crippen LogP contribution in [-0.4, -0.2) is 46.7 Å². The van der Waals surface area contributed by atoms with E-state index in [1.54, 1.807) is 0 Å². The second-order valence-corrected chi connectivity index (χ2v) is 7.38. The fraction of sp³-hybridized carbons (Fsp3) is 0.941. The molecule has 3 aliphatic rings. The Bertz CT molecular complexity index is 377. The predicted molar refractivity (Wildman–Crippen MR) is 83.4 cm³/mol. The van der Waals surface area contributed by atoms with Gasteiger partial charge in [-0.1, -0.05) is 19.8 Å². The first-order chi connectivity index (χ1) is 10.2. The van der Waals surface area contributed by atoms with Gasteiger partial charge in [0.2, 0.25) is 0 Å². The number of hydrogen-bond acceptors (Lipinski definition) is 3. The molecule has 0 amide bonds. The lowest BCUT2D eigenvalue weighted by Gasteiger charge is -2.42. The summed E-state index contributed by atoms with van der Waals surface area (Å²) < 4.78 is 0. The molecule has 0 aromatic heterocycles. The van der Waals surface area contributed by atoms with Gasteiger partial charge in [-0.05, 0) is 57.4 Å². The van der Waals surface area contributed by atoms with E-state index >= 15 is 0 Å². The third kappa shape index (κ3) is 3.42. The molecule has 0 spiro atoms. The van der Waals surface area contributed by atoms with Gasteiger partial charge < -0.3 is 5.11 Å². The van der Waals surface area contributed by atoms with E-state index in [4.69, 9.17) is 0 Å². The van der Waals surface area contributed by atoms with E-state index < -0.39 is 11.5 Å². The Kier molecular flexibility index (Phi) is 4.55. The van der Waals surface area contributed by atoms with Gasteiger partial charge in [0.05, 0.1) is 0 Å². The standard InChI is InChI=1S/C17H30N2O2/c1-2-5-15-6-3-4-11-19(15)12-17(16(20)21,13-7-8-13)18-14-9-10-14/h13-15,18H,2-12H2,1H3,(H,20,21). The van der Waals surface area contributed by atoms with Crippen LogP contribution in [0.5, 0.6) is 0 Å². The molecule has 3 rings (SSSR count). The first-order valence-corrected chi connectivity index (χ1v) is 8.91. The van der Waals surface area contributed by atoms with Crippen molar-refractivity contribution in [1.29, 1.82) is 0 Å². The fourth-order valence-electron chi connectivity index (χ4n) is 4.01. The average Bonchev–Trinajstić information content (AvgIpc) is 3.34. The molecule has 2 N–H and O–H groups in total. The highest BCUT2D eigenvalue weighted by molar-refractivity contribution is 5.80. The number of rotatable bonds is 8. The molecule has 0 aromatic carbocycles. The Labute approximate surface area is 128 Å². The molecular formula is C17H30N2O2. The third-order valence-electron chi connectivity index (χ3n) is 5.52.